The second kappa shape index (κ2) is 5.07. The van der Waals surface area contributed by atoms with Crippen LogP contribution in [0, 0.1) is 12.8 Å². The zero-order valence-electron chi connectivity index (χ0n) is 9.50. The van der Waals surface area contributed by atoms with Crippen LogP contribution < -0.4 is 4.74 Å². The number of aliphatic hydroxyl groups is 1. The minimum absolute atomic E-state index is 0.0264. The second-order valence-electron chi connectivity index (χ2n) is 4.50. The quantitative estimate of drug-likeness (QED) is 0.875. The van der Waals surface area contributed by atoms with Crippen molar-refractivity contribution in [2.75, 3.05) is 6.61 Å². The molecule has 0 amide bonds. The summed E-state index contributed by atoms with van der Waals surface area (Å²) >= 11 is 6.12. The van der Waals surface area contributed by atoms with Gasteiger partial charge in [0.05, 0.1) is 18.2 Å². The highest BCUT2D eigenvalue weighted by Gasteiger charge is 2.19. The fraction of sp³-hybridized carbons (Fsp3) is 0.538. The summed E-state index contributed by atoms with van der Waals surface area (Å²) in [6.45, 7) is 2.65. The molecular weight excluding hydrogens is 224 g/mol. The van der Waals surface area contributed by atoms with Gasteiger partial charge in [0.25, 0.3) is 0 Å². The van der Waals surface area contributed by atoms with Gasteiger partial charge in [0.1, 0.15) is 5.75 Å². The molecule has 2 rings (SSSR count). The van der Waals surface area contributed by atoms with Crippen LogP contribution in [0.2, 0.25) is 5.02 Å². The summed E-state index contributed by atoms with van der Waals surface area (Å²) in [4.78, 5) is 0. The van der Waals surface area contributed by atoms with E-state index in [4.69, 9.17) is 16.3 Å². The smallest absolute Gasteiger partial charge is 0.143 e. The highest BCUT2D eigenvalue weighted by atomic mass is 35.5. The van der Waals surface area contributed by atoms with E-state index in [9.17, 15) is 5.11 Å². The van der Waals surface area contributed by atoms with Gasteiger partial charge < -0.3 is 9.84 Å². The normalized spacial score (nSPS) is 15.9. The summed E-state index contributed by atoms with van der Waals surface area (Å²) in [6.07, 6.45) is 3.80. The lowest BCUT2D eigenvalue weighted by Crippen LogP contribution is -2.19. The van der Waals surface area contributed by atoms with Crippen LogP contribution in [0.15, 0.2) is 12.1 Å². The molecule has 1 aromatic carbocycles. The predicted octanol–water partition coefficient (Wildman–Crippen LogP) is 3.32. The van der Waals surface area contributed by atoms with E-state index in [1.165, 1.54) is 19.3 Å². The van der Waals surface area contributed by atoms with Crippen molar-refractivity contribution < 1.29 is 9.84 Å². The van der Waals surface area contributed by atoms with Crippen LogP contribution in [0.25, 0.3) is 0 Å². The van der Waals surface area contributed by atoms with Gasteiger partial charge in [-0.05, 0) is 43.4 Å². The maximum atomic E-state index is 9.27. The largest absolute Gasteiger partial charge is 0.491 e. The Morgan fingerprint density at radius 2 is 2.19 bits per heavy atom. The molecule has 16 heavy (non-hydrogen) atoms. The van der Waals surface area contributed by atoms with Crippen molar-refractivity contribution in [2.45, 2.75) is 32.8 Å². The van der Waals surface area contributed by atoms with Crippen LogP contribution in [-0.4, -0.2) is 11.7 Å². The number of rotatable bonds is 4. The maximum absolute atomic E-state index is 9.27. The lowest BCUT2D eigenvalue weighted by atomic mass is 9.86. The molecule has 1 fully saturated rings. The molecule has 2 nitrogen and oxygen atoms in total. The van der Waals surface area contributed by atoms with Gasteiger partial charge in [-0.15, -0.1) is 0 Å². The molecule has 88 valence electrons. The SMILES string of the molecule is Cc1cc(Cl)c(OCC2CCC2)c(CO)c1. The molecule has 1 aromatic rings. The van der Waals surface area contributed by atoms with E-state index in [-0.39, 0.29) is 6.61 Å². The molecule has 0 atom stereocenters. The number of halogens is 1. The Labute approximate surface area is 101 Å². The van der Waals surface area contributed by atoms with Crippen molar-refractivity contribution in [3.63, 3.8) is 0 Å². The van der Waals surface area contributed by atoms with E-state index in [2.05, 4.69) is 0 Å². The molecular formula is C13H17ClO2. The molecule has 0 spiro atoms. The van der Waals surface area contributed by atoms with Crippen LogP contribution in [0.1, 0.15) is 30.4 Å². The van der Waals surface area contributed by atoms with E-state index in [1.54, 1.807) is 0 Å². The highest BCUT2D eigenvalue weighted by Crippen LogP contribution is 2.33. The second-order valence-corrected chi connectivity index (χ2v) is 4.91. The van der Waals surface area contributed by atoms with Gasteiger partial charge in [-0.3, -0.25) is 0 Å². The van der Waals surface area contributed by atoms with Crippen LogP contribution in [0.5, 0.6) is 5.75 Å². The van der Waals surface area contributed by atoms with Crippen LogP contribution in [-0.2, 0) is 6.61 Å². The van der Waals surface area contributed by atoms with E-state index in [0.29, 0.717) is 16.7 Å². The first-order valence-corrected chi connectivity index (χ1v) is 6.11. The Hall–Kier alpha value is -0.730. The Morgan fingerprint density at radius 1 is 1.44 bits per heavy atom. The van der Waals surface area contributed by atoms with Crippen molar-refractivity contribution in [1.29, 1.82) is 0 Å². The minimum Gasteiger partial charge on any atom is -0.491 e. The first kappa shape index (κ1) is 11.7. The molecule has 3 heteroatoms. The molecule has 0 saturated heterocycles. The van der Waals surface area contributed by atoms with Crippen molar-refractivity contribution in [2.24, 2.45) is 5.92 Å². The first-order valence-electron chi connectivity index (χ1n) is 5.73. The van der Waals surface area contributed by atoms with Crippen LogP contribution in [0.4, 0.5) is 0 Å². The van der Waals surface area contributed by atoms with Gasteiger partial charge in [0.2, 0.25) is 0 Å². The molecule has 0 aromatic heterocycles. The maximum Gasteiger partial charge on any atom is 0.143 e. The Kier molecular flexibility index (Phi) is 3.72. The van der Waals surface area contributed by atoms with E-state index < -0.39 is 0 Å². The van der Waals surface area contributed by atoms with Gasteiger partial charge >= 0.3 is 0 Å². The summed E-state index contributed by atoms with van der Waals surface area (Å²) in [5, 5.41) is 9.87. The van der Waals surface area contributed by atoms with Crippen LogP contribution in [0.3, 0.4) is 0 Å². The van der Waals surface area contributed by atoms with Gasteiger partial charge in [-0.25, -0.2) is 0 Å². The fourth-order valence-electron chi connectivity index (χ4n) is 1.94. The summed E-state index contributed by atoms with van der Waals surface area (Å²) in [5.74, 6) is 1.32. The van der Waals surface area contributed by atoms with Crippen molar-refractivity contribution >= 4 is 11.6 Å². The zero-order chi connectivity index (χ0) is 11.5. The van der Waals surface area contributed by atoms with Crippen molar-refractivity contribution in [1.82, 2.24) is 0 Å². The summed E-state index contributed by atoms with van der Waals surface area (Å²) < 4.78 is 5.73. The highest BCUT2D eigenvalue weighted by molar-refractivity contribution is 6.32. The number of aryl methyl sites for hydroxylation is 1. The Bertz CT molecular complexity index is 372. The number of aliphatic hydroxyl groups excluding tert-OH is 1. The van der Waals surface area contributed by atoms with Gasteiger partial charge in [-0.2, -0.15) is 0 Å². The Morgan fingerprint density at radius 3 is 2.75 bits per heavy atom. The standard InChI is InChI=1S/C13H17ClO2/c1-9-5-11(7-15)13(12(14)6-9)16-8-10-3-2-4-10/h5-6,10,15H,2-4,7-8H2,1H3. The average molecular weight is 241 g/mol. The van der Waals surface area contributed by atoms with Crippen molar-refractivity contribution in [3.05, 3.63) is 28.3 Å². The third-order valence-corrected chi connectivity index (χ3v) is 3.40. The Balaban J connectivity index is 2.10. The lowest BCUT2D eigenvalue weighted by molar-refractivity contribution is 0.176. The molecule has 0 aliphatic heterocycles. The predicted molar refractivity (Wildman–Crippen MR) is 64.9 cm³/mol. The van der Waals surface area contributed by atoms with Gasteiger partial charge in [-0.1, -0.05) is 18.0 Å². The van der Waals surface area contributed by atoms with E-state index in [1.807, 2.05) is 19.1 Å². The molecule has 0 unspecified atom stereocenters. The van der Waals surface area contributed by atoms with Gasteiger partial charge in [0.15, 0.2) is 0 Å². The molecule has 0 bridgehead atoms. The average Bonchev–Trinajstić information content (AvgIpc) is 2.17. The first-order chi connectivity index (χ1) is 7.70. The third-order valence-electron chi connectivity index (χ3n) is 3.12. The molecule has 0 radical (unpaired) electrons. The number of benzene rings is 1. The number of hydrogen-bond acceptors (Lipinski definition) is 2. The molecule has 1 aliphatic rings. The van der Waals surface area contributed by atoms with Crippen LogP contribution >= 0.6 is 11.6 Å². The molecule has 1 N–H and O–H groups in total. The van der Waals surface area contributed by atoms with E-state index >= 15 is 0 Å². The molecule has 1 saturated carbocycles. The van der Waals surface area contributed by atoms with Crippen molar-refractivity contribution in [3.8, 4) is 5.75 Å². The minimum atomic E-state index is -0.0264. The summed E-state index contributed by atoms with van der Waals surface area (Å²) in [6, 6.07) is 3.79. The fourth-order valence-corrected chi connectivity index (χ4v) is 2.29. The topological polar surface area (TPSA) is 29.5 Å². The molecule has 1 aliphatic carbocycles. The monoisotopic (exact) mass is 240 g/mol. The third kappa shape index (κ3) is 2.50. The zero-order valence-corrected chi connectivity index (χ0v) is 10.3. The number of ether oxygens (including phenoxy) is 1. The lowest BCUT2D eigenvalue weighted by Gasteiger charge is -2.26. The van der Waals surface area contributed by atoms with E-state index in [0.717, 1.165) is 17.7 Å². The summed E-state index contributed by atoms with van der Waals surface area (Å²) in [5.41, 5.74) is 1.83. The number of hydrogen-bond donors (Lipinski definition) is 1. The van der Waals surface area contributed by atoms with Gasteiger partial charge in [0, 0.05) is 5.56 Å². The summed E-state index contributed by atoms with van der Waals surface area (Å²) in [7, 11) is 0. The molecule has 0 heterocycles.